The van der Waals surface area contributed by atoms with Crippen LogP contribution in [0.4, 0.5) is 5.00 Å². The summed E-state index contributed by atoms with van der Waals surface area (Å²) in [4.78, 5) is 28.1. The first-order valence-electron chi connectivity index (χ1n) is 9.13. The highest BCUT2D eigenvalue weighted by Crippen LogP contribution is 2.37. The molecule has 3 N–H and O–H groups in total. The summed E-state index contributed by atoms with van der Waals surface area (Å²) in [5.41, 5.74) is 7.56. The van der Waals surface area contributed by atoms with Crippen LogP contribution in [0.1, 0.15) is 51.9 Å². The van der Waals surface area contributed by atoms with Crippen LogP contribution in [0.5, 0.6) is 5.75 Å². The average Bonchev–Trinajstić information content (AvgIpc) is 2.98. The molecule has 7 heteroatoms. The van der Waals surface area contributed by atoms with Gasteiger partial charge in [0.15, 0.2) is 0 Å². The number of carbonyl (C=O) groups excluding carboxylic acids is 2. The summed E-state index contributed by atoms with van der Waals surface area (Å²) in [7, 11) is 0. The molecule has 1 aromatic carbocycles. The van der Waals surface area contributed by atoms with E-state index in [0.29, 0.717) is 21.9 Å². The fourth-order valence-electron chi connectivity index (χ4n) is 3.21. The van der Waals surface area contributed by atoms with E-state index in [1.165, 1.54) is 11.3 Å². The molecule has 2 amide bonds. The first-order chi connectivity index (χ1) is 12.9. The van der Waals surface area contributed by atoms with Crippen LogP contribution in [0, 0.1) is 0 Å². The quantitative estimate of drug-likeness (QED) is 0.797. The molecule has 0 radical (unpaired) electrons. The minimum absolute atomic E-state index is 0.0722. The van der Waals surface area contributed by atoms with E-state index < -0.39 is 5.91 Å². The van der Waals surface area contributed by atoms with Gasteiger partial charge in [-0.05, 0) is 56.6 Å². The molecular weight excluding hydrogens is 362 g/mol. The lowest BCUT2D eigenvalue weighted by Gasteiger charge is -2.25. The standard InChI is InChI=1S/C20H25N3O3S/c1-4-23-10-9-15-16(11-23)27-20(17(15)18(21)24)22-19(25)13-5-7-14(8-6-13)26-12(2)3/h5-8,12H,4,9-11H2,1-3H3,(H2,21,24)(H,22,25). The number of thiophene rings is 1. The first-order valence-corrected chi connectivity index (χ1v) is 9.95. The zero-order chi connectivity index (χ0) is 19.6. The van der Waals surface area contributed by atoms with Gasteiger partial charge in [0.2, 0.25) is 0 Å². The molecule has 0 fully saturated rings. The molecule has 2 heterocycles. The molecule has 3 rings (SSSR count). The van der Waals surface area contributed by atoms with E-state index in [4.69, 9.17) is 10.5 Å². The number of nitrogens with zero attached hydrogens (tertiary/aromatic N) is 1. The number of nitrogens with one attached hydrogen (secondary N) is 1. The van der Waals surface area contributed by atoms with Gasteiger partial charge in [0.25, 0.3) is 11.8 Å². The van der Waals surface area contributed by atoms with Gasteiger partial charge in [-0.2, -0.15) is 0 Å². The van der Waals surface area contributed by atoms with Crippen molar-refractivity contribution in [2.24, 2.45) is 5.73 Å². The Balaban J connectivity index is 1.81. The monoisotopic (exact) mass is 387 g/mol. The molecule has 2 aromatic rings. The van der Waals surface area contributed by atoms with Crippen molar-refractivity contribution in [2.75, 3.05) is 18.4 Å². The van der Waals surface area contributed by atoms with Crippen LogP contribution >= 0.6 is 11.3 Å². The fourth-order valence-corrected chi connectivity index (χ4v) is 4.50. The van der Waals surface area contributed by atoms with Crippen molar-refractivity contribution >= 4 is 28.2 Å². The summed E-state index contributed by atoms with van der Waals surface area (Å²) in [6.45, 7) is 8.65. The van der Waals surface area contributed by atoms with Gasteiger partial charge >= 0.3 is 0 Å². The number of fused-ring (bicyclic) bond motifs is 1. The van der Waals surface area contributed by atoms with Crippen molar-refractivity contribution < 1.29 is 14.3 Å². The Hall–Kier alpha value is -2.38. The van der Waals surface area contributed by atoms with Gasteiger partial charge in [-0.1, -0.05) is 6.92 Å². The molecule has 0 atom stereocenters. The second-order valence-electron chi connectivity index (χ2n) is 6.84. The summed E-state index contributed by atoms with van der Waals surface area (Å²) in [5, 5.41) is 3.42. The van der Waals surface area contributed by atoms with Crippen LogP contribution in [-0.4, -0.2) is 35.9 Å². The topological polar surface area (TPSA) is 84.7 Å². The maximum absolute atomic E-state index is 12.6. The number of anilines is 1. The predicted molar refractivity (Wildman–Crippen MR) is 108 cm³/mol. The SMILES string of the molecule is CCN1CCc2c(sc(NC(=O)c3ccc(OC(C)C)cc3)c2C(N)=O)C1. The predicted octanol–water partition coefficient (Wildman–Crippen LogP) is 3.26. The first kappa shape index (κ1) is 19.4. The number of benzene rings is 1. The number of rotatable bonds is 6. The average molecular weight is 388 g/mol. The smallest absolute Gasteiger partial charge is 0.256 e. The third kappa shape index (κ3) is 4.31. The van der Waals surface area contributed by atoms with Crippen molar-refractivity contribution in [2.45, 2.75) is 39.8 Å². The number of amides is 2. The molecule has 0 aliphatic carbocycles. The molecule has 144 valence electrons. The van der Waals surface area contributed by atoms with Crippen LogP contribution < -0.4 is 15.8 Å². The van der Waals surface area contributed by atoms with Gasteiger partial charge in [0, 0.05) is 23.5 Å². The highest BCUT2D eigenvalue weighted by molar-refractivity contribution is 7.17. The van der Waals surface area contributed by atoms with E-state index in [1.54, 1.807) is 24.3 Å². The third-order valence-corrected chi connectivity index (χ3v) is 5.68. The lowest BCUT2D eigenvalue weighted by molar-refractivity contribution is 0.1000. The van der Waals surface area contributed by atoms with Gasteiger partial charge in [-0.25, -0.2) is 0 Å². The molecule has 1 aromatic heterocycles. The van der Waals surface area contributed by atoms with Crippen molar-refractivity contribution in [3.05, 3.63) is 45.8 Å². The van der Waals surface area contributed by atoms with Crippen molar-refractivity contribution in [3.8, 4) is 5.75 Å². The highest BCUT2D eigenvalue weighted by Gasteiger charge is 2.27. The van der Waals surface area contributed by atoms with Gasteiger partial charge in [-0.15, -0.1) is 11.3 Å². The lowest BCUT2D eigenvalue weighted by atomic mass is 10.0. The van der Waals surface area contributed by atoms with E-state index in [1.807, 2.05) is 13.8 Å². The molecule has 0 saturated heterocycles. The highest BCUT2D eigenvalue weighted by atomic mass is 32.1. The Morgan fingerprint density at radius 1 is 1.30 bits per heavy atom. The Bertz CT molecular complexity index is 843. The molecule has 1 aliphatic rings. The minimum atomic E-state index is -0.492. The van der Waals surface area contributed by atoms with E-state index in [2.05, 4.69) is 17.1 Å². The molecule has 0 unspecified atom stereocenters. The summed E-state index contributed by atoms with van der Waals surface area (Å²) < 4.78 is 5.60. The van der Waals surface area contributed by atoms with E-state index in [9.17, 15) is 9.59 Å². The molecular formula is C20H25N3O3S. The van der Waals surface area contributed by atoms with Crippen molar-refractivity contribution in [3.63, 3.8) is 0 Å². The Morgan fingerprint density at radius 3 is 2.59 bits per heavy atom. The number of ether oxygens (including phenoxy) is 1. The summed E-state index contributed by atoms with van der Waals surface area (Å²) in [6.07, 6.45) is 0.845. The van der Waals surface area contributed by atoms with Crippen LogP contribution in [0.15, 0.2) is 24.3 Å². The van der Waals surface area contributed by atoms with Crippen molar-refractivity contribution in [1.29, 1.82) is 0 Å². The number of hydrogen-bond donors (Lipinski definition) is 2. The number of likely N-dealkylation sites (N-methyl/N-ethyl adjacent to an activating group) is 1. The summed E-state index contributed by atoms with van der Waals surface area (Å²) >= 11 is 1.44. The van der Waals surface area contributed by atoms with Crippen LogP contribution in [0.2, 0.25) is 0 Å². The maximum atomic E-state index is 12.6. The van der Waals surface area contributed by atoms with Gasteiger partial charge in [-0.3, -0.25) is 14.5 Å². The van der Waals surface area contributed by atoms with E-state index in [-0.39, 0.29) is 12.0 Å². The van der Waals surface area contributed by atoms with Crippen LogP contribution in [0.3, 0.4) is 0 Å². The zero-order valence-corrected chi connectivity index (χ0v) is 16.7. The summed E-state index contributed by atoms with van der Waals surface area (Å²) in [5.74, 6) is -0.0430. The molecule has 0 bridgehead atoms. The number of nitrogens with two attached hydrogens (primary N) is 1. The van der Waals surface area contributed by atoms with E-state index >= 15 is 0 Å². The largest absolute Gasteiger partial charge is 0.491 e. The molecule has 0 spiro atoms. The minimum Gasteiger partial charge on any atom is -0.491 e. The number of primary amides is 1. The third-order valence-electron chi connectivity index (χ3n) is 4.54. The second kappa shape index (κ2) is 8.10. The van der Waals surface area contributed by atoms with Gasteiger partial charge in [0.1, 0.15) is 10.8 Å². The van der Waals surface area contributed by atoms with Gasteiger partial charge < -0.3 is 15.8 Å². The zero-order valence-electron chi connectivity index (χ0n) is 15.9. The molecule has 0 saturated carbocycles. The number of carbonyl (C=O) groups is 2. The summed E-state index contributed by atoms with van der Waals surface area (Å²) in [6, 6.07) is 6.96. The van der Waals surface area contributed by atoms with Gasteiger partial charge in [0.05, 0.1) is 11.7 Å². The Morgan fingerprint density at radius 2 is 2.00 bits per heavy atom. The molecule has 1 aliphatic heterocycles. The Labute approximate surface area is 163 Å². The number of hydrogen-bond acceptors (Lipinski definition) is 5. The Kier molecular flexibility index (Phi) is 5.82. The molecule has 27 heavy (non-hydrogen) atoms. The normalized spacial score (nSPS) is 14.1. The van der Waals surface area contributed by atoms with Crippen molar-refractivity contribution in [1.82, 2.24) is 4.90 Å². The fraction of sp³-hybridized carbons (Fsp3) is 0.400. The maximum Gasteiger partial charge on any atom is 0.256 e. The van der Waals surface area contributed by atoms with Crippen LogP contribution in [-0.2, 0) is 13.0 Å². The molecule has 6 nitrogen and oxygen atoms in total. The lowest BCUT2D eigenvalue weighted by Crippen LogP contribution is -2.30. The second-order valence-corrected chi connectivity index (χ2v) is 7.94. The van der Waals surface area contributed by atoms with Crippen LogP contribution in [0.25, 0.3) is 0 Å². The van der Waals surface area contributed by atoms with E-state index in [0.717, 1.165) is 36.5 Å².